The van der Waals surface area contributed by atoms with Crippen LogP contribution >= 0.6 is 0 Å². The molecule has 0 aromatic heterocycles. The molecule has 0 aliphatic rings. The molecule has 15 heavy (non-hydrogen) atoms. The van der Waals surface area contributed by atoms with Gasteiger partial charge in [0.1, 0.15) is 5.75 Å². The van der Waals surface area contributed by atoms with E-state index in [1.165, 1.54) is 0 Å². The number of ether oxygens (including phenoxy) is 1. The Balaban J connectivity index is 2.66. The average Bonchev–Trinajstić information content (AvgIpc) is 2.18. The first-order valence-corrected chi connectivity index (χ1v) is 5.13. The lowest BCUT2D eigenvalue weighted by atomic mass is 10.0. The van der Waals surface area contributed by atoms with E-state index < -0.39 is 0 Å². The van der Waals surface area contributed by atoms with Crippen LogP contribution in [0.4, 0.5) is 0 Å². The Morgan fingerprint density at radius 1 is 1.47 bits per heavy atom. The van der Waals surface area contributed by atoms with Crippen molar-refractivity contribution in [2.45, 2.75) is 19.4 Å². The zero-order valence-corrected chi connectivity index (χ0v) is 9.58. The lowest BCUT2D eigenvalue weighted by molar-refractivity contribution is 0.175. The fraction of sp³-hybridized carbons (Fsp3) is 0.500. The number of benzene rings is 1. The van der Waals surface area contributed by atoms with Gasteiger partial charge in [-0.15, -0.1) is 0 Å². The minimum absolute atomic E-state index is 0.331. The predicted octanol–water partition coefficient (Wildman–Crippen LogP) is 1.13. The lowest BCUT2D eigenvalue weighted by Crippen LogP contribution is -2.25. The van der Waals surface area contributed by atoms with Gasteiger partial charge in [0.25, 0.3) is 0 Å². The van der Waals surface area contributed by atoms with Crippen molar-refractivity contribution in [3.63, 3.8) is 0 Å². The summed E-state index contributed by atoms with van der Waals surface area (Å²) in [5.74, 6) is 0.891. The fourth-order valence-electron chi connectivity index (χ4n) is 1.65. The van der Waals surface area contributed by atoms with Crippen LogP contribution in [0.3, 0.4) is 0 Å². The van der Waals surface area contributed by atoms with E-state index in [4.69, 9.17) is 4.74 Å². The van der Waals surface area contributed by atoms with Gasteiger partial charge in [-0.2, -0.15) is 0 Å². The van der Waals surface area contributed by atoms with Crippen molar-refractivity contribution in [1.29, 1.82) is 0 Å². The SMILES string of the molecule is CNCC(O)Cc1ccc(OC)c(C)c1. The van der Waals surface area contributed by atoms with Crippen molar-refractivity contribution in [2.24, 2.45) is 0 Å². The van der Waals surface area contributed by atoms with Crippen LogP contribution < -0.4 is 10.1 Å². The first kappa shape index (κ1) is 12.0. The van der Waals surface area contributed by atoms with E-state index in [9.17, 15) is 5.11 Å². The molecule has 2 N–H and O–H groups in total. The molecule has 1 aromatic rings. The van der Waals surface area contributed by atoms with Crippen molar-refractivity contribution < 1.29 is 9.84 Å². The molecular weight excluding hydrogens is 190 g/mol. The number of rotatable bonds is 5. The van der Waals surface area contributed by atoms with Gasteiger partial charge in [-0.05, 0) is 37.6 Å². The average molecular weight is 209 g/mol. The summed E-state index contributed by atoms with van der Waals surface area (Å²) in [6, 6.07) is 5.99. The lowest BCUT2D eigenvalue weighted by Gasteiger charge is -2.11. The van der Waals surface area contributed by atoms with Gasteiger partial charge in [0.05, 0.1) is 13.2 Å². The van der Waals surface area contributed by atoms with E-state index in [-0.39, 0.29) is 6.10 Å². The van der Waals surface area contributed by atoms with E-state index in [0.29, 0.717) is 13.0 Å². The summed E-state index contributed by atoms with van der Waals surface area (Å²) >= 11 is 0. The molecule has 3 heteroatoms. The number of hydrogen-bond donors (Lipinski definition) is 2. The highest BCUT2D eigenvalue weighted by Gasteiger charge is 2.05. The van der Waals surface area contributed by atoms with Crippen molar-refractivity contribution in [3.05, 3.63) is 29.3 Å². The zero-order valence-electron chi connectivity index (χ0n) is 9.58. The number of aliphatic hydroxyl groups is 1. The molecule has 0 saturated heterocycles. The summed E-state index contributed by atoms with van der Waals surface area (Å²) < 4.78 is 5.18. The van der Waals surface area contributed by atoms with E-state index >= 15 is 0 Å². The van der Waals surface area contributed by atoms with E-state index in [1.54, 1.807) is 7.11 Å². The van der Waals surface area contributed by atoms with Gasteiger partial charge < -0.3 is 15.2 Å². The van der Waals surface area contributed by atoms with E-state index in [0.717, 1.165) is 16.9 Å². The topological polar surface area (TPSA) is 41.5 Å². The Bertz CT molecular complexity index is 312. The summed E-state index contributed by atoms with van der Waals surface area (Å²) in [6.07, 6.45) is 0.342. The molecule has 0 spiro atoms. The molecule has 0 aliphatic carbocycles. The number of nitrogens with one attached hydrogen (secondary N) is 1. The second-order valence-corrected chi connectivity index (χ2v) is 3.72. The Labute approximate surface area is 91.1 Å². The molecule has 1 aromatic carbocycles. The maximum Gasteiger partial charge on any atom is 0.121 e. The molecule has 0 saturated carbocycles. The number of aryl methyl sites for hydroxylation is 1. The van der Waals surface area contributed by atoms with Crippen molar-refractivity contribution in [2.75, 3.05) is 20.7 Å². The smallest absolute Gasteiger partial charge is 0.121 e. The second-order valence-electron chi connectivity index (χ2n) is 3.72. The largest absolute Gasteiger partial charge is 0.496 e. The molecule has 1 unspecified atom stereocenters. The second kappa shape index (κ2) is 5.73. The third-order valence-corrected chi connectivity index (χ3v) is 2.37. The highest BCUT2D eigenvalue weighted by molar-refractivity contribution is 5.36. The number of methoxy groups -OCH3 is 1. The van der Waals surface area contributed by atoms with Crippen LogP contribution in [0.2, 0.25) is 0 Å². The van der Waals surface area contributed by atoms with Gasteiger partial charge in [-0.1, -0.05) is 12.1 Å². The van der Waals surface area contributed by atoms with Gasteiger partial charge in [-0.25, -0.2) is 0 Å². The number of aliphatic hydroxyl groups excluding tert-OH is 1. The van der Waals surface area contributed by atoms with Crippen LogP contribution in [-0.4, -0.2) is 31.9 Å². The molecule has 1 rings (SSSR count). The maximum absolute atomic E-state index is 9.63. The first-order chi connectivity index (χ1) is 7.17. The van der Waals surface area contributed by atoms with Crippen LogP contribution in [-0.2, 0) is 6.42 Å². The number of hydrogen-bond acceptors (Lipinski definition) is 3. The van der Waals surface area contributed by atoms with Crippen molar-refractivity contribution in [3.8, 4) is 5.75 Å². The van der Waals surface area contributed by atoms with Crippen LogP contribution in [0.15, 0.2) is 18.2 Å². The molecule has 0 bridgehead atoms. The molecule has 0 radical (unpaired) electrons. The van der Waals surface area contributed by atoms with Crippen molar-refractivity contribution >= 4 is 0 Å². The normalized spacial score (nSPS) is 12.5. The fourth-order valence-corrected chi connectivity index (χ4v) is 1.65. The third kappa shape index (κ3) is 3.53. The summed E-state index contributed by atoms with van der Waals surface area (Å²) in [7, 11) is 3.50. The Kier molecular flexibility index (Phi) is 4.59. The monoisotopic (exact) mass is 209 g/mol. The highest BCUT2D eigenvalue weighted by atomic mass is 16.5. The quantitative estimate of drug-likeness (QED) is 0.763. The van der Waals surface area contributed by atoms with Gasteiger partial charge in [0.2, 0.25) is 0 Å². The van der Waals surface area contributed by atoms with Gasteiger partial charge in [0.15, 0.2) is 0 Å². The summed E-state index contributed by atoms with van der Waals surface area (Å²) in [4.78, 5) is 0. The third-order valence-electron chi connectivity index (χ3n) is 2.37. The summed E-state index contributed by atoms with van der Waals surface area (Å²) in [5.41, 5.74) is 2.24. The van der Waals surface area contributed by atoms with E-state index in [2.05, 4.69) is 11.4 Å². The molecule has 0 heterocycles. The minimum Gasteiger partial charge on any atom is -0.496 e. The molecule has 1 atom stereocenters. The number of likely N-dealkylation sites (N-methyl/N-ethyl adjacent to an activating group) is 1. The Morgan fingerprint density at radius 3 is 2.73 bits per heavy atom. The maximum atomic E-state index is 9.63. The van der Waals surface area contributed by atoms with Crippen LogP contribution in [0.25, 0.3) is 0 Å². The van der Waals surface area contributed by atoms with Crippen LogP contribution in [0.5, 0.6) is 5.75 Å². The highest BCUT2D eigenvalue weighted by Crippen LogP contribution is 2.19. The van der Waals surface area contributed by atoms with Gasteiger partial charge in [-0.3, -0.25) is 0 Å². The van der Waals surface area contributed by atoms with E-state index in [1.807, 2.05) is 26.1 Å². The summed E-state index contributed by atoms with van der Waals surface area (Å²) in [5, 5.41) is 12.6. The standard InChI is InChI=1S/C12H19NO2/c1-9-6-10(4-5-12(9)15-3)7-11(14)8-13-2/h4-6,11,13-14H,7-8H2,1-3H3. The van der Waals surface area contributed by atoms with Crippen molar-refractivity contribution in [1.82, 2.24) is 5.32 Å². The molecule has 84 valence electrons. The molecule has 0 amide bonds. The molecule has 3 nitrogen and oxygen atoms in total. The zero-order chi connectivity index (χ0) is 11.3. The van der Waals surface area contributed by atoms with Gasteiger partial charge in [0, 0.05) is 6.54 Å². The Morgan fingerprint density at radius 2 is 2.20 bits per heavy atom. The summed E-state index contributed by atoms with van der Waals surface area (Å²) in [6.45, 7) is 2.62. The predicted molar refractivity (Wildman–Crippen MR) is 61.4 cm³/mol. The molecule has 0 aliphatic heterocycles. The van der Waals surface area contributed by atoms with Gasteiger partial charge >= 0.3 is 0 Å². The molecular formula is C12H19NO2. The first-order valence-electron chi connectivity index (χ1n) is 5.13. The Hall–Kier alpha value is -1.06. The van der Waals surface area contributed by atoms with Crippen LogP contribution in [0.1, 0.15) is 11.1 Å². The molecule has 0 fully saturated rings. The van der Waals surface area contributed by atoms with Crippen LogP contribution in [0, 0.1) is 6.92 Å². The minimum atomic E-state index is -0.331.